The summed E-state index contributed by atoms with van der Waals surface area (Å²) in [5.74, 6) is -1.13. The van der Waals surface area contributed by atoms with Gasteiger partial charge in [-0.2, -0.15) is 8.42 Å². The lowest BCUT2D eigenvalue weighted by molar-refractivity contribution is -0.118. The fourth-order valence-corrected chi connectivity index (χ4v) is 6.23. The minimum Gasteiger partial charge on any atom is -0.465 e. The molecular weight excluding hydrogens is 424 g/mol. The monoisotopic (exact) mass is 444 g/mol. The average molecular weight is 445 g/mol. The van der Waals surface area contributed by atoms with Gasteiger partial charge in [0, 0.05) is 10.8 Å². The molecule has 0 aromatic carbocycles. The molecule has 2 heterocycles. The molecule has 0 saturated carbocycles. The number of thiophene rings is 1. The molecule has 1 aliphatic rings. The lowest BCUT2D eigenvalue weighted by Crippen LogP contribution is -2.17. The summed E-state index contributed by atoms with van der Waals surface area (Å²) in [6.45, 7) is 3.42. The Morgan fingerprint density at radius 3 is 2.54 bits per heavy atom. The van der Waals surface area contributed by atoms with Gasteiger partial charge in [-0.05, 0) is 31.2 Å². The van der Waals surface area contributed by atoms with E-state index >= 15 is 0 Å². The summed E-state index contributed by atoms with van der Waals surface area (Å²) < 4.78 is 32.5. The Morgan fingerprint density at radius 2 is 1.86 bits per heavy atom. The Morgan fingerprint density at radius 1 is 1.14 bits per heavy atom. The van der Waals surface area contributed by atoms with Crippen LogP contribution >= 0.6 is 22.7 Å². The quantitative estimate of drug-likeness (QED) is 0.518. The van der Waals surface area contributed by atoms with Gasteiger partial charge in [-0.1, -0.05) is 25.2 Å². The molecule has 0 saturated heterocycles. The molecule has 1 amide bonds. The number of hydrogen-bond donors (Lipinski definition) is 2. The van der Waals surface area contributed by atoms with Crippen LogP contribution in [-0.4, -0.2) is 37.6 Å². The van der Waals surface area contributed by atoms with Crippen LogP contribution in [0, 0.1) is 5.92 Å². The fraction of sp³-hybridized carbons (Fsp3) is 0.500. The largest absolute Gasteiger partial charge is 0.465 e. The highest BCUT2D eigenvalue weighted by molar-refractivity contribution is 7.94. The number of esters is 1. The number of amides is 1. The number of ether oxygens (including phenoxy) is 1. The molecule has 1 aliphatic carbocycles. The molecule has 0 fully saturated rings. The highest BCUT2D eigenvalue weighted by atomic mass is 32.2. The zero-order valence-corrected chi connectivity index (χ0v) is 18.0. The number of nitrogens with one attached hydrogen (secondary N) is 2. The number of hydrogen-bond acceptors (Lipinski definition) is 9. The molecule has 0 radical (unpaired) electrons. The van der Waals surface area contributed by atoms with Crippen LogP contribution in [-0.2, 0) is 32.4 Å². The molecule has 0 aliphatic heterocycles. The molecule has 12 heteroatoms. The number of methoxy groups -OCH3 is 1. The van der Waals surface area contributed by atoms with Gasteiger partial charge < -0.3 is 10.1 Å². The molecule has 3 rings (SSSR count). The van der Waals surface area contributed by atoms with Gasteiger partial charge in [0.05, 0.1) is 12.7 Å². The molecule has 28 heavy (non-hydrogen) atoms. The molecule has 2 N–H and O–H groups in total. The van der Waals surface area contributed by atoms with E-state index in [4.69, 9.17) is 4.74 Å². The Kier molecular flexibility index (Phi) is 6.01. The van der Waals surface area contributed by atoms with E-state index < -0.39 is 16.0 Å². The van der Waals surface area contributed by atoms with Gasteiger partial charge in [-0.3, -0.25) is 9.52 Å². The Hall–Kier alpha value is -2.05. The van der Waals surface area contributed by atoms with E-state index in [1.807, 2.05) is 0 Å². The molecule has 0 spiro atoms. The van der Waals surface area contributed by atoms with Crippen molar-refractivity contribution in [3.8, 4) is 0 Å². The number of sulfonamides is 1. The standard InChI is InChI=1S/C16H20N4O5S3/c1-8(2)12(21)17-15-18-19-16(27-15)28(23,24)20-13-11(14(22)25-3)9-6-4-5-7-10(9)26-13/h8,20H,4-7H2,1-3H3,(H,17,18,21). The Labute approximate surface area is 170 Å². The molecule has 0 unspecified atom stereocenters. The van der Waals surface area contributed by atoms with Gasteiger partial charge in [-0.15, -0.1) is 21.5 Å². The lowest BCUT2D eigenvalue weighted by Gasteiger charge is -2.11. The molecular formula is C16H20N4O5S3. The number of fused-ring (bicyclic) bond motifs is 1. The minimum atomic E-state index is -4.07. The van der Waals surface area contributed by atoms with Crippen molar-refractivity contribution in [3.05, 3.63) is 16.0 Å². The Balaban J connectivity index is 1.89. The second-order valence-electron chi connectivity index (χ2n) is 6.53. The van der Waals surface area contributed by atoms with Gasteiger partial charge in [0.15, 0.2) is 0 Å². The lowest BCUT2D eigenvalue weighted by atomic mass is 9.95. The van der Waals surface area contributed by atoms with E-state index in [1.165, 1.54) is 18.4 Å². The van der Waals surface area contributed by atoms with Crippen molar-refractivity contribution in [3.63, 3.8) is 0 Å². The number of carbonyl (C=O) groups is 2. The van der Waals surface area contributed by atoms with Crippen LogP contribution in [0.3, 0.4) is 0 Å². The molecule has 9 nitrogen and oxygen atoms in total. The van der Waals surface area contributed by atoms with E-state index in [1.54, 1.807) is 13.8 Å². The smallest absolute Gasteiger partial charge is 0.341 e. The van der Waals surface area contributed by atoms with E-state index in [0.29, 0.717) is 6.42 Å². The predicted octanol–water partition coefficient (Wildman–Crippen LogP) is 2.66. The summed E-state index contributed by atoms with van der Waals surface area (Å²) in [4.78, 5) is 25.0. The van der Waals surface area contributed by atoms with E-state index in [-0.39, 0.29) is 31.9 Å². The van der Waals surface area contributed by atoms with Crippen LogP contribution in [0.2, 0.25) is 0 Å². The third kappa shape index (κ3) is 4.18. The first-order chi connectivity index (χ1) is 13.2. The Bertz CT molecular complexity index is 1010. The van der Waals surface area contributed by atoms with Crippen LogP contribution in [0.25, 0.3) is 0 Å². The van der Waals surface area contributed by atoms with Crippen molar-refractivity contribution in [1.29, 1.82) is 0 Å². The van der Waals surface area contributed by atoms with Crippen LogP contribution in [0.1, 0.15) is 47.5 Å². The number of aryl methyl sites for hydroxylation is 1. The maximum atomic E-state index is 12.7. The van der Waals surface area contributed by atoms with E-state index in [0.717, 1.165) is 41.0 Å². The number of rotatable bonds is 6. The highest BCUT2D eigenvalue weighted by Crippen LogP contribution is 2.39. The van der Waals surface area contributed by atoms with Crippen molar-refractivity contribution in [2.45, 2.75) is 43.9 Å². The summed E-state index contributed by atoms with van der Waals surface area (Å²) in [7, 11) is -2.80. The van der Waals surface area contributed by atoms with E-state index in [9.17, 15) is 18.0 Å². The molecule has 0 bridgehead atoms. The van der Waals surface area contributed by atoms with Crippen molar-refractivity contribution in [2.75, 3.05) is 17.1 Å². The first-order valence-electron chi connectivity index (χ1n) is 8.63. The number of aromatic nitrogens is 2. The second kappa shape index (κ2) is 8.13. The van der Waals surface area contributed by atoms with E-state index in [2.05, 4.69) is 20.2 Å². The number of anilines is 2. The van der Waals surface area contributed by atoms with Crippen LogP contribution in [0.4, 0.5) is 10.1 Å². The number of nitrogens with zero attached hydrogens (tertiary/aromatic N) is 2. The molecule has 152 valence electrons. The minimum absolute atomic E-state index is 0.0951. The van der Waals surface area contributed by atoms with Crippen molar-refractivity contribution in [2.24, 2.45) is 5.92 Å². The van der Waals surface area contributed by atoms with Crippen molar-refractivity contribution in [1.82, 2.24) is 10.2 Å². The predicted molar refractivity (Wildman–Crippen MR) is 106 cm³/mol. The SMILES string of the molecule is COC(=O)c1c(NS(=O)(=O)c2nnc(NC(=O)C(C)C)s2)sc2c1CCCC2. The van der Waals surface area contributed by atoms with Gasteiger partial charge in [-0.25, -0.2) is 4.79 Å². The first kappa shape index (κ1) is 20.7. The summed E-state index contributed by atoms with van der Waals surface area (Å²) in [5, 5.41) is 10.2. The van der Waals surface area contributed by atoms with Crippen molar-refractivity contribution < 1.29 is 22.7 Å². The topological polar surface area (TPSA) is 127 Å². The summed E-state index contributed by atoms with van der Waals surface area (Å²) >= 11 is 1.99. The van der Waals surface area contributed by atoms with Gasteiger partial charge in [0.1, 0.15) is 5.00 Å². The molecule has 2 aromatic heterocycles. The van der Waals surface area contributed by atoms with Gasteiger partial charge in [0.25, 0.3) is 14.4 Å². The second-order valence-corrected chi connectivity index (χ2v) is 10.5. The average Bonchev–Trinajstić information content (AvgIpc) is 3.25. The zero-order chi connectivity index (χ0) is 20.5. The van der Waals surface area contributed by atoms with Crippen LogP contribution < -0.4 is 10.0 Å². The third-order valence-electron chi connectivity index (χ3n) is 4.18. The first-order valence-corrected chi connectivity index (χ1v) is 11.7. The van der Waals surface area contributed by atoms with Gasteiger partial charge in [0.2, 0.25) is 11.0 Å². The van der Waals surface area contributed by atoms with Crippen LogP contribution in [0.15, 0.2) is 4.34 Å². The summed E-state index contributed by atoms with van der Waals surface area (Å²) in [6.07, 6.45) is 3.45. The summed E-state index contributed by atoms with van der Waals surface area (Å²) in [5.41, 5.74) is 1.12. The van der Waals surface area contributed by atoms with Gasteiger partial charge >= 0.3 is 5.97 Å². The molecule has 2 aromatic rings. The van der Waals surface area contributed by atoms with Crippen LogP contribution in [0.5, 0.6) is 0 Å². The van der Waals surface area contributed by atoms with Crippen molar-refractivity contribution >= 4 is 54.7 Å². The fourth-order valence-electron chi connectivity index (χ4n) is 2.74. The highest BCUT2D eigenvalue weighted by Gasteiger charge is 2.30. The maximum Gasteiger partial charge on any atom is 0.341 e. The normalized spacial score (nSPS) is 13.9. The number of carbonyl (C=O) groups excluding carboxylic acids is 2. The molecule has 0 atom stereocenters. The maximum absolute atomic E-state index is 12.7. The third-order valence-corrected chi connectivity index (χ3v) is 8.07. The zero-order valence-electron chi connectivity index (χ0n) is 15.6. The summed E-state index contributed by atoms with van der Waals surface area (Å²) in [6, 6.07) is 0.